The van der Waals surface area contributed by atoms with Crippen LogP contribution in [-0.4, -0.2) is 24.0 Å². The largest absolute Gasteiger partial charge is 0.320 e. The van der Waals surface area contributed by atoms with E-state index in [0.717, 1.165) is 25.9 Å². The third kappa shape index (κ3) is 2.08. The van der Waals surface area contributed by atoms with Crippen LogP contribution in [0.3, 0.4) is 0 Å². The summed E-state index contributed by atoms with van der Waals surface area (Å²) >= 11 is 0. The van der Waals surface area contributed by atoms with Gasteiger partial charge in [0.15, 0.2) is 0 Å². The SMILES string of the molecule is CCN(CC)C1CCc2ccccc2C1(N)CC. The van der Waals surface area contributed by atoms with Crippen LogP contribution >= 0.6 is 0 Å². The predicted molar refractivity (Wildman–Crippen MR) is 77.6 cm³/mol. The molecule has 0 bridgehead atoms. The number of rotatable bonds is 4. The molecule has 18 heavy (non-hydrogen) atoms. The molecule has 1 aliphatic carbocycles. The van der Waals surface area contributed by atoms with Gasteiger partial charge in [0.2, 0.25) is 0 Å². The van der Waals surface area contributed by atoms with Crippen molar-refractivity contribution in [3.8, 4) is 0 Å². The number of benzene rings is 1. The second kappa shape index (κ2) is 5.41. The minimum atomic E-state index is -0.180. The zero-order valence-electron chi connectivity index (χ0n) is 11.9. The molecule has 2 heteroatoms. The summed E-state index contributed by atoms with van der Waals surface area (Å²) in [5.41, 5.74) is 9.47. The van der Waals surface area contributed by atoms with Crippen molar-refractivity contribution in [2.24, 2.45) is 5.73 Å². The third-order valence-corrected chi connectivity index (χ3v) is 4.64. The van der Waals surface area contributed by atoms with Gasteiger partial charge >= 0.3 is 0 Å². The molecule has 0 aromatic heterocycles. The van der Waals surface area contributed by atoms with E-state index >= 15 is 0 Å². The molecule has 0 radical (unpaired) electrons. The molecule has 2 unspecified atom stereocenters. The van der Waals surface area contributed by atoms with E-state index in [9.17, 15) is 0 Å². The highest BCUT2D eigenvalue weighted by Crippen LogP contribution is 2.38. The van der Waals surface area contributed by atoms with Gasteiger partial charge < -0.3 is 5.73 Å². The van der Waals surface area contributed by atoms with E-state index in [0.29, 0.717) is 6.04 Å². The molecule has 0 amide bonds. The van der Waals surface area contributed by atoms with Crippen LogP contribution in [-0.2, 0) is 12.0 Å². The summed E-state index contributed by atoms with van der Waals surface area (Å²) in [6, 6.07) is 9.21. The summed E-state index contributed by atoms with van der Waals surface area (Å²) in [5, 5.41) is 0. The molecular formula is C16H26N2. The predicted octanol–water partition coefficient (Wildman–Crippen LogP) is 2.91. The number of hydrogen-bond donors (Lipinski definition) is 1. The average molecular weight is 246 g/mol. The molecule has 0 aliphatic heterocycles. The topological polar surface area (TPSA) is 29.3 Å². The van der Waals surface area contributed by atoms with E-state index in [2.05, 4.69) is 49.9 Å². The molecule has 2 nitrogen and oxygen atoms in total. The van der Waals surface area contributed by atoms with Gasteiger partial charge in [-0.05, 0) is 43.5 Å². The summed E-state index contributed by atoms with van der Waals surface area (Å²) in [5.74, 6) is 0. The average Bonchev–Trinajstić information content (AvgIpc) is 2.43. The van der Waals surface area contributed by atoms with Gasteiger partial charge in [0.25, 0.3) is 0 Å². The molecular weight excluding hydrogens is 220 g/mol. The first-order valence-corrected chi connectivity index (χ1v) is 7.28. The van der Waals surface area contributed by atoms with E-state index in [4.69, 9.17) is 5.73 Å². The lowest BCUT2D eigenvalue weighted by Gasteiger charge is -2.47. The van der Waals surface area contributed by atoms with Crippen LogP contribution in [0.25, 0.3) is 0 Å². The molecule has 0 fully saturated rings. The second-order valence-corrected chi connectivity index (χ2v) is 5.33. The van der Waals surface area contributed by atoms with Crippen LogP contribution in [0.1, 0.15) is 44.7 Å². The number of likely N-dealkylation sites (N-methyl/N-ethyl adjacent to an activating group) is 1. The van der Waals surface area contributed by atoms with Gasteiger partial charge in [0, 0.05) is 6.04 Å². The maximum Gasteiger partial charge on any atom is 0.0567 e. The van der Waals surface area contributed by atoms with Gasteiger partial charge in [-0.3, -0.25) is 4.90 Å². The Kier molecular flexibility index (Phi) is 4.08. The van der Waals surface area contributed by atoms with Crippen molar-refractivity contribution in [1.82, 2.24) is 4.90 Å². The van der Waals surface area contributed by atoms with Crippen LogP contribution < -0.4 is 5.73 Å². The Balaban J connectivity index is 2.42. The monoisotopic (exact) mass is 246 g/mol. The molecule has 100 valence electrons. The van der Waals surface area contributed by atoms with E-state index in [1.165, 1.54) is 17.5 Å². The first kappa shape index (κ1) is 13.6. The quantitative estimate of drug-likeness (QED) is 0.885. The normalized spacial score (nSPS) is 27.3. The minimum Gasteiger partial charge on any atom is -0.320 e. The van der Waals surface area contributed by atoms with Crippen LogP contribution in [0.15, 0.2) is 24.3 Å². The fraction of sp³-hybridized carbons (Fsp3) is 0.625. The minimum absolute atomic E-state index is 0.180. The molecule has 2 N–H and O–H groups in total. The van der Waals surface area contributed by atoms with Gasteiger partial charge in [-0.15, -0.1) is 0 Å². The van der Waals surface area contributed by atoms with Crippen LogP contribution in [0.2, 0.25) is 0 Å². The first-order valence-electron chi connectivity index (χ1n) is 7.28. The lowest BCUT2D eigenvalue weighted by atomic mass is 9.71. The Morgan fingerprint density at radius 2 is 1.89 bits per heavy atom. The number of aryl methyl sites for hydroxylation is 1. The number of fused-ring (bicyclic) bond motifs is 1. The zero-order valence-corrected chi connectivity index (χ0v) is 11.9. The maximum absolute atomic E-state index is 6.82. The fourth-order valence-electron chi connectivity index (χ4n) is 3.52. The van der Waals surface area contributed by atoms with E-state index in [1.54, 1.807) is 0 Å². The van der Waals surface area contributed by atoms with Crippen molar-refractivity contribution in [3.63, 3.8) is 0 Å². The maximum atomic E-state index is 6.82. The summed E-state index contributed by atoms with van der Waals surface area (Å²) in [6.45, 7) is 8.86. The molecule has 0 saturated heterocycles. The van der Waals surface area contributed by atoms with Crippen molar-refractivity contribution in [2.45, 2.75) is 51.6 Å². The van der Waals surface area contributed by atoms with Crippen molar-refractivity contribution >= 4 is 0 Å². The Morgan fingerprint density at radius 3 is 2.50 bits per heavy atom. The zero-order chi connectivity index (χ0) is 13.2. The Labute approximate surface area is 111 Å². The third-order valence-electron chi connectivity index (χ3n) is 4.64. The first-order chi connectivity index (χ1) is 8.67. The molecule has 0 spiro atoms. The van der Waals surface area contributed by atoms with Crippen molar-refractivity contribution in [3.05, 3.63) is 35.4 Å². The Morgan fingerprint density at radius 1 is 1.22 bits per heavy atom. The highest BCUT2D eigenvalue weighted by atomic mass is 15.2. The van der Waals surface area contributed by atoms with Crippen molar-refractivity contribution < 1.29 is 0 Å². The number of nitrogens with two attached hydrogens (primary N) is 1. The second-order valence-electron chi connectivity index (χ2n) is 5.33. The molecule has 1 aliphatic rings. The van der Waals surface area contributed by atoms with Crippen LogP contribution in [0.4, 0.5) is 0 Å². The van der Waals surface area contributed by atoms with Gasteiger partial charge in [-0.1, -0.05) is 45.0 Å². The Hall–Kier alpha value is -0.860. The van der Waals surface area contributed by atoms with Gasteiger partial charge in [0.05, 0.1) is 5.54 Å². The summed E-state index contributed by atoms with van der Waals surface area (Å²) < 4.78 is 0. The standard InChI is InChI=1S/C16H26N2/c1-4-16(17)14-10-8-7-9-13(14)11-12-15(16)18(5-2)6-3/h7-10,15H,4-6,11-12,17H2,1-3H3. The van der Waals surface area contributed by atoms with Crippen LogP contribution in [0, 0.1) is 0 Å². The Bertz CT molecular complexity index is 398. The van der Waals surface area contributed by atoms with E-state index in [-0.39, 0.29) is 5.54 Å². The molecule has 0 saturated carbocycles. The fourth-order valence-corrected chi connectivity index (χ4v) is 3.52. The smallest absolute Gasteiger partial charge is 0.0567 e. The molecule has 1 aromatic rings. The lowest BCUT2D eigenvalue weighted by molar-refractivity contribution is 0.108. The summed E-state index contributed by atoms with van der Waals surface area (Å²) in [6.07, 6.45) is 3.35. The molecule has 2 rings (SSSR count). The lowest BCUT2D eigenvalue weighted by Crippen LogP contribution is -2.58. The molecule has 0 heterocycles. The van der Waals surface area contributed by atoms with E-state index in [1.807, 2.05) is 0 Å². The number of nitrogens with zero attached hydrogens (tertiary/aromatic N) is 1. The summed E-state index contributed by atoms with van der Waals surface area (Å²) in [7, 11) is 0. The highest BCUT2D eigenvalue weighted by molar-refractivity contribution is 5.38. The molecule has 1 aromatic carbocycles. The highest BCUT2D eigenvalue weighted by Gasteiger charge is 2.41. The van der Waals surface area contributed by atoms with Crippen LogP contribution in [0.5, 0.6) is 0 Å². The van der Waals surface area contributed by atoms with Gasteiger partial charge in [-0.25, -0.2) is 0 Å². The van der Waals surface area contributed by atoms with E-state index < -0.39 is 0 Å². The van der Waals surface area contributed by atoms with Crippen molar-refractivity contribution in [2.75, 3.05) is 13.1 Å². The molecule has 2 atom stereocenters. The van der Waals surface area contributed by atoms with Gasteiger partial charge in [0.1, 0.15) is 0 Å². The van der Waals surface area contributed by atoms with Gasteiger partial charge in [-0.2, -0.15) is 0 Å². The number of hydrogen-bond acceptors (Lipinski definition) is 2. The van der Waals surface area contributed by atoms with Crippen molar-refractivity contribution in [1.29, 1.82) is 0 Å². The summed E-state index contributed by atoms with van der Waals surface area (Å²) in [4.78, 5) is 2.53.